The molecule has 0 aliphatic carbocycles. The molecule has 1 aliphatic heterocycles. The maximum atomic E-state index is 12.6. The monoisotopic (exact) mass is 313 g/mol. The molecule has 0 saturated heterocycles. The zero-order valence-corrected chi connectivity index (χ0v) is 12.8. The van der Waals surface area contributed by atoms with E-state index >= 15 is 0 Å². The molecule has 7 heteroatoms. The molecule has 1 aliphatic rings. The molecule has 0 unspecified atom stereocenters. The lowest BCUT2D eigenvalue weighted by Gasteiger charge is -2.17. The zero-order valence-electron chi connectivity index (χ0n) is 12.8. The Hall–Kier alpha value is -2.96. The number of aryl methyl sites for hydroxylation is 1. The summed E-state index contributed by atoms with van der Waals surface area (Å²) < 4.78 is 5.83. The van der Waals surface area contributed by atoms with Crippen molar-refractivity contribution in [2.45, 2.75) is 6.42 Å². The summed E-state index contributed by atoms with van der Waals surface area (Å²) in [6.45, 7) is 0.503. The number of nitrogens with zero attached hydrogens (tertiary/aromatic N) is 3. The Morgan fingerprint density at radius 1 is 1.22 bits per heavy atom. The summed E-state index contributed by atoms with van der Waals surface area (Å²) in [6.07, 6.45) is 0.650. The first-order chi connectivity index (χ1) is 11.0. The smallest absolute Gasteiger partial charge is 0.337 e. The number of carbonyl (C=O) groups is 2. The normalized spacial score (nSPS) is 12.9. The number of anilines is 1. The van der Waals surface area contributed by atoms with Crippen LogP contribution in [0.2, 0.25) is 0 Å². The highest BCUT2D eigenvalue weighted by molar-refractivity contribution is 6.06. The van der Waals surface area contributed by atoms with Crippen LogP contribution < -0.4 is 10.5 Å². The van der Waals surface area contributed by atoms with E-state index in [0.29, 0.717) is 18.5 Å². The van der Waals surface area contributed by atoms with Crippen molar-refractivity contribution in [3.8, 4) is 0 Å². The lowest BCUT2D eigenvalue weighted by atomic mass is 10.1. The second-order valence-electron chi connectivity index (χ2n) is 5.22. The second-order valence-corrected chi connectivity index (χ2v) is 5.22. The Morgan fingerprint density at radius 2 is 2.00 bits per heavy atom. The largest absolute Gasteiger partial charge is 0.465 e. The lowest BCUT2D eigenvalue weighted by Crippen LogP contribution is -2.32. The van der Waals surface area contributed by atoms with Gasteiger partial charge in [-0.3, -0.25) is 9.59 Å². The minimum atomic E-state index is -0.405. The Bertz CT molecular complexity index is 857. The van der Waals surface area contributed by atoms with Gasteiger partial charge < -0.3 is 9.64 Å². The van der Waals surface area contributed by atoms with Crippen molar-refractivity contribution in [3.05, 3.63) is 57.5 Å². The first-order valence-electron chi connectivity index (χ1n) is 7.08. The standard InChI is InChI=1S/C16H15N3O4/c1-18-14(20)6-4-12(17-18)15(21)19-8-7-10-9-11(16(22)23-2)3-5-13(10)19/h3-6,9H,7-8H2,1-2H3. The SMILES string of the molecule is COC(=O)c1ccc2c(c1)CCN2C(=O)c1ccc(=O)n(C)n1. The van der Waals surface area contributed by atoms with E-state index in [4.69, 9.17) is 4.74 Å². The molecular weight excluding hydrogens is 298 g/mol. The van der Waals surface area contributed by atoms with Gasteiger partial charge in [0.25, 0.3) is 11.5 Å². The summed E-state index contributed by atoms with van der Waals surface area (Å²) in [5.74, 6) is -0.678. The van der Waals surface area contributed by atoms with Crippen LogP contribution in [0.4, 0.5) is 5.69 Å². The van der Waals surface area contributed by atoms with Crippen LogP contribution in [0, 0.1) is 0 Å². The first kappa shape index (κ1) is 15.0. The van der Waals surface area contributed by atoms with Crippen molar-refractivity contribution in [2.24, 2.45) is 7.05 Å². The number of fused-ring (bicyclic) bond motifs is 1. The van der Waals surface area contributed by atoms with Gasteiger partial charge in [-0.2, -0.15) is 5.10 Å². The van der Waals surface area contributed by atoms with E-state index < -0.39 is 5.97 Å². The van der Waals surface area contributed by atoms with Crippen molar-refractivity contribution in [1.82, 2.24) is 9.78 Å². The van der Waals surface area contributed by atoms with Crippen LogP contribution in [0.25, 0.3) is 0 Å². The molecule has 0 atom stereocenters. The predicted octanol–water partition coefficient (Wildman–Crippen LogP) is 0.770. The predicted molar refractivity (Wildman–Crippen MR) is 82.6 cm³/mol. The van der Waals surface area contributed by atoms with Crippen molar-refractivity contribution in [1.29, 1.82) is 0 Å². The van der Waals surface area contributed by atoms with E-state index in [1.807, 2.05) is 0 Å². The number of methoxy groups -OCH3 is 1. The van der Waals surface area contributed by atoms with Crippen LogP contribution in [0.1, 0.15) is 26.4 Å². The Labute approximate surface area is 132 Å². The summed E-state index contributed by atoms with van der Waals surface area (Å²) >= 11 is 0. The van der Waals surface area contributed by atoms with Crippen LogP contribution in [0.15, 0.2) is 35.1 Å². The van der Waals surface area contributed by atoms with E-state index in [1.54, 1.807) is 23.1 Å². The molecule has 0 radical (unpaired) electrons. The van der Waals surface area contributed by atoms with Gasteiger partial charge in [0.15, 0.2) is 0 Å². The number of ether oxygens (including phenoxy) is 1. The summed E-state index contributed by atoms with van der Waals surface area (Å²) in [5, 5.41) is 3.99. The topological polar surface area (TPSA) is 81.5 Å². The Balaban J connectivity index is 1.92. The van der Waals surface area contributed by atoms with Gasteiger partial charge in [0.05, 0.1) is 12.7 Å². The van der Waals surface area contributed by atoms with Crippen LogP contribution in [-0.4, -0.2) is 35.3 Å². The van der Waals surface area contributed by atoms with E-state index in [-0.39, 0.29) is 17.2 Å². The number of esters is 1. The fraction of sp³-hybridized carbons (Fsp3) is 0.250. The maximum Gasteiger partial charge on any atom is 0.337 e. The van der Waals surface area contributed by atoms with E-state index in [1.165, 1.54) is 26.3 Å². The highest BCUT2D eigenvalue weighted by atomic mass is 16.5. The molecule has 0 bridgehead atoms. The van der Waals surface area contributed by atoms with E-state index in [2.05, 4.69) is 5.10 Å². The van der Waals surface area contributed by atoms with E-state index in [0.717, 1.165) is 15.9 Å². The van der Waals surface area contributed by atoms with Crippen LogP contribution in [-0.2, 0) is 18.2 Å². The third-order valence-corrected chi connectivity index (χ3v) is 3.82. The van der Waals surface area contributed by atoms with Crippen LogP contribution >= 0.6 is 0 Å². The summed E-state index contributed by atoms with van der Waals surface area (Å²) in [6, 6.07) is 7.84. The second kappa shape index (κ2) is 5.68. The molecule has 7 nitrogen and oxygen atoms in total. The lowest BCUT2D eigenvalue weighted by molar-refractivity contribution is 0.0600. The maximum absolute atomic E-state index is 12.6. The number of rotatable bonds is 2. The Morgan fingerprint density at radius 3 is 2.70 bits per heavy atom. The number of benzene rings is 1. The van der Waals surface area contributed by atoms with Crippen molar-refractivity contribution in [2.75, 3.05) is 18.6 Å². The number of aromatic nitrogens is 2. The average Bonchev–Trinajstić information content (AvgIpc) is 2.99. The highest BCUT2D eigenvalue weighted by Gasteiger charge is 2.27. The van der Waals surface area contributed by atoms with Gasteiger partial charge in [-0.1, -0.05) is 0 Å². The fourth-order valence-electron chi connectivity index (χ4n) is 2.61. The third kappa shape index (κ3) is 2.61. The van der Waals surface area contributed by atoms with Gasteiger partial charge >= 0.3 is 5.97 Å². The Kier molecular flexibility index (Phi) is 3.69. The van der Waals surface area contributed by atoms with Crippen LogP contribution in [0.5, 0.6) is 0 Å². The minimum absolute atomic E-state index is 0.206. The molecule has 23 heavy (non-hydrogen) atoms. The molecule has 1 aromatic heterocycles. The summed E-state index contributed by atoms with van der Waals surface area (Å²) in [4.78, 5) is 37.2. The minimum Gasteiger partial charge on any atom is -0.465 e. The fourth-order valence-corrected chi connectivity index (χ4v) is 2.61. The van der Waals surface area contributed by atoms with Gasteiger partial charge in [0.2, 0.25) is 0 Å². The molecule has 0 fully saturated rings. The number of amides is 1. The van der Waals surface area contributed by atoms with Gasteiger partial charge in [0.1, 0.15) is 5.69 Å². The first-order valence-corrected chi connectivity index (χ1v) is 7.08. The number of hydrogen-bond donors (Lipinski definition) is 0. The van der Waals surface area contributed by atoms with E-state index in [9.17, 15) is 14.4 Å². The quantitative estimate of drug-likeness (QED) is 0.765. The number of carbonyl (C=O) groups excluding carboxylic acids is 2. The summed E-state index contributed by atoms with van der Waals surface area (Å²) in [7, 11) is 2.83. The molecule has 0 N–H and O–H groups in total. The number of hydrogen-bond acceptors (Lipinski definition) is 5. The molecule has 2 aromatic rings. The summed E-state index contributed by atoms with van der Waals surface area (Å²) in [5.41, 5.74) is 2.05. The molecular formula is C16H15N3O4. The van der Waals surface area contributed by atoms with Crippen molar-refractivity contribution >= 4 is 17.6 Å². The third-order valence-electron chi connectivity index (χ3n) is 3.82. The molecule has 118 valence electrons. The van der Waals surface area contributed by atoms with Gasteiger partial charge in [0, 0.05) is 25.3 Å². The van der Waals surface area contributed by atoms with Crippen LogP contribution in [0.3, 0.4) is 0 Å². The average molecular weight is 313 g/mol. The molecule has 1 aromatic carbocycles. The van der Waals surface area contributed by atoms with Gasteiger partial charge in [-0.25, -0.2) is 9.48 Å². The molecule has 0 saturated carbocycles. The zero-order chi connectivity index (χ0) is 16.6. The van der Waals surface area contributed by atoms with Gasteiger partial charge in [-0.15, -0.1) is 0 Å². The molecule has 0 spiro atoms. The van der Waals surface area contributed by atoms with Crippen molar-refractivity contribution < 1.29 is 14.3 Å². The molecule has 1 amide bonds. The highest BCUT2D eigenvalue weighted by Crippen LogP contribution is 2.30. The molecule has 2 heterocycles. The van der Waals surface area contributed by atoms with Crippen molar-refractivity contribution in [3.63, 3.8) is 0 Å². The molecule has 3 rings (SSSR count). The van der Waals surface area contributed by atoms with Gasteiger partial charge in [-0.05, 0) is 36.2 Å².